The number of likely N-dealkylation sites (tertiary alicyclic amines) is 1. The monoisotopic (exact) mass is 334 g/mol. The Morgan fingerprint density at radius 1 is 1.17 bits per heavy atom. The maximum absolute atomic E-state index is 4.50. The molecule has 128 valence electrons. The zero-order valence-electron chi connectivity index (χ0n) is 14.4. The summed E-state index contributed by atoms with van der Waals surface area (Å²) in [5.74, 6) is 3.54. The van der Waals surface area contributed by atoms with Crippen LogP contribution in [-0.4, -0.2) is 45.1 Å². The number of hydrogen-bond donors (Lipinski definition) is 0. The van der Waals surface area contributed by atoms with Crippen molar-refractivity contribution in [2.24, 2.45) is 13.0 Å². The second-order valence-corrected chi connectivity index (χ2v) is 8.09. The molecule has 1 saturated carbocycles. The highest BCUT2D eigenvalue weighted by Crippen LogP contribution is 2.30. The van der Waals surface area contributed by atoms with Crippen LogP contribution in [0, 0.1) is 5.92 Å². The quantitative estimate of drug-likeness (QED) is 0.584. The fourth-order valence-corrected chi connectivity index (χ4v) is 4.76. The number of thioether (sulfide) groups is 1. The van der Waals surface area contributed by atoms with Crippen molar-refractivity contribution in [2.45, 2.75) is 56.0 Å². The largest absolute Gasteiger partial charge is 0.309 e. The lowest BCUT2D eigenvalue weighted by Gasteiger charge is -2.35. The van der Waals surface area contributed by atoms with Gasteiger partial charge in [0, 0.05) is 31.8 Å². The van der Waals surface area contributed by atoms with Gasteiger partial charge in [0.15, 0.2) is 5.16 Å². The van der Waals surface area contributed by atoms with Gasteiger partial charge in [-0.2, -0.15) is 0 Å². The minimum Gasteiger partial charge on any atom is -0.309 e. The molecule has 0 bridgehead atoms. The standard InChI is InChI=1S/C18H30N4S/c1-3-12-23-18-20-19-17(21(18)2)16-10-7-11-22(14-16)13-15-8-5-4-6-9-15/h3,15-16H,1,4-14H2,2H3. The highest BCUT2D eigenvalue weighted by Gasteiger charge is 2.27. The van der Waals surface area contributed by atoms with E-state index in [0.29, 0.717) is 5.92 Å². The molecule has 2 heterocycles. The van der Waals surface area contributed by atoms with Gasteiger partial charge in [-0.15, -0.1) is 16.8 Å². The minimum absolute atomic E-state index is 0.544. The van der Waals surface area contributed by atoms with Crippen molar-refractivity contribution < 1.29 is 0 Å². The molecule has 1 unspecified atom stereocenters. The Hall–Kier alpha value is -0.810. The number of nitrogens with zero attached hydrogens (tertiary/aromatic N) is 4. The van der Waals surface area contributed by atoms with Gasteiger partial charge in [-0.05, 0) is 38.1 Å². The van der Waals surface area contributed by atoms with Gasteiger partial charge in [0.05, 0.1) is 0 Å². The summed E-state index contributed by atoms with van der Waals surface area (Å²) in [4.78, 5) is 2.69. The molecule has 0 spiro atoms. The van der Waals surface area contributed by atoms with Crippen molar-refractivity contribution in [2.75, 3.05) is 25.4 Å². The summed E-state index contributed by atoms with van der Waals surface area (Å²) in [6.45, 7) is 7.51. The summed E-state index contributed by atoms with van der Waals surface area (Å²) in [7, 11) is 2.11. The third-order valence-electron chi connectivity index (χ3n) is 5.31. The lowest BCUT2D eigenvalue weighted by Crippen LogP contribution is -2.38. The molecule has 1 atom stereocenters. The molecule has 2 fully saturated rings. The molecule has 2 aliphatic rings. The van der Waals surface area contributed by atoms with E-state index in [2.05, 4.69) is 33.3 Å². The normalized spacial score (nSPS) is 24.0. The Balaban J connectivity index is 1.59. The second-order valence-electron chi connectivity index (χ2n) is 7.10. The van der Waals surface area contributed by atoms with E-state index >= 15 is 0 Å². The first-order valence-electron chi connectivity index (χ1n) is 9.13. The summed E-state index contributed by atoms with van der Waals surface area (Å²) in [6.07, 6.45) is 11.7. The first-order chi connectivity index (χ1) is 11.3. The van der Waals surface area contributed by atoms with E-state index in [4.69, 9.17) is 0 Å². The molecule has 3 rings (SSSR count). The summed E-state index contributed by atoms with van der Waals surface area (Å²) >= 11 is 1.72. The van der Waals surface area contributed by atoms with Crippen molar-refractivity contribution in [1.82, 2.24) is 19.7 Å². The van der Waals surface area contributed by atoms with E-state index in [1.54, 1.807) is 11.8 Å². The van der Waals surface area contributed by atoms with Crippen LogP contribution in [0.15, 0.2) is 17.8 Å². The van der Waals surface area contributed by atoms with Crippen LogP contribution in [0.1, 0.15) is 56.7 Å². The molecule has 0 aromatic carbocycles. The second kappa shape index (κ2) is 8.34. The molecule has 23 heavy (non-hydrogen) atoms. The molecule has 0 N–H and O–H groups in total. The number of aromatic nitrogens is 3. The molecule has 1 aromatic rings. The molecule has 5 heteroatoms. The smallest absolute Gasteiger partial charge is 0.191 e. The molecular formula is C18H30N4S. The lowest BCUT2D eigenvalue weighted by atomic mass is 9.88. The first kappa shape index (κ1) is 17.0. The highest BCUT2D eigenvalue weighted by molar-refractivity contribution is 7.99. The summed E-state index contributed by atoms with van der Waals surface area (Å²) in [5, 5.41) is 9.90. The number of hydrogen-bond acceptors (Lipinski definition) is 4. The number of piperidine rings is 1. The van der Waals surface area contributed by atoms with Crippen LogP contribution in [0.25, 0.3) is 0 Å². The average molecular weight is 335 g/mol. The molecular weight excluding hydrogens is 304 g/mol. The van der Waals surface area contributed by atoms with E-state index in [1.165, 1.54) is 63.9 Å². The van der Waals surface area contributed by atoms with Crippen molar-refractivity contribution in [3.05, 3.63) is 18.5 Å². The Labute approximate surface area is 144 Å². The molecule has 1 aromatic heterocycles. The Morgan fingerprint density at radius 3 is 2.78 bits per heavy atom. The van der Waals surface area contributed by atoms with Crippen molar-refractivity contribution >= 4 is 11.8 Å². The Morgan fingerprint density at radius 2 is 2.00 bits per heavy atom. The van der Waals surface area contributed by atoms with E-state index in [9.17, 15) is 0 Å². The van der Waals surface area contributed by atoms with Crippen LogP contribution < -0.4 is 0 Å². The van der Waals surface area contributed by atoms with Gasteiger partial charge < -0.3 is 9.47 Å². The van der Waals surface area contributed by atoms with Crippen LogP contribution in [0.4, 0.5) is 0 Å². The first-order valence-corrected chi connectivity index (χ1v) is 10.1. The SMILES string of the molecule is C=CCSc1nnc(C2CCCN(CC3CCCCC3)C2)n1C. The van der Waals surface area contributed by atoms with E-state index in [0.717, 1.165) is 23.4 Å². The number of rotatable bonds is 6. The molecule has 0 amide bonds. The zero-order valence-corrected chi connectivity index (χ0v) is 15.2. The fourth-order valence-electron chi connectivity index (χ4n) is 4.11. The third kappa shape index (κ3) is 4.38. The highest BCUT2D eigenvalue weighted by atomic mass is 32.2. The van der Waals surface area contributed by atoms with Crippen molar-refractivity contribution in [3.63, 3.8) is 0 Å². The zero-order chi connectivity index (χ0) is 16.1. The summed E-state index contributed by atoms with van der Waals surface area (Å²) in [5.41, 5.74) is 0. The maximum atomic E-state index is 4.50. The Bertz CT molecular complexity index is 507. The van der Waals surface area contributed by atoms with Crippen molar-refractivity contribution in [1.29, 1.82) is 0 Å². The maximum Gasteiger partial charge on any atom is 0.191 e. The predicted octanol–water partition coefficient (Wildman–Crippen LogP) is 3.85. The van der Waals surface area contributed by atoms with Crippen LogP contribution in [0.5, 0.6) is 0 Å². The van der Waals surface area contributed by atoms with E-state index < -0.39 is 0 Å². The molecule has 4 nitrogen and oxygen atoms in total. The van der Waals surface area contributed by atoms with Crippen LogP contribution >= 0.6 is 11.8 Å². The van der Waals surface area contributed by atoms with Gasteiger partial charge in [-0.1, -0.05) is 37.1 Å². The molecule has 1 aliphatic carbocycles. The van der Waals surface area contributed by atoms with Crippen LogP contribution in [-0.2, 0) is 7.05 Å². The van der Waals surface area contributed by atoms with Gasteiger partial charge in [-0.25, -0.2) is 0 Å². The van der Waals surface area contributed by atoms with Gasteiger partial charge in [0.1, 0.15) is 5.82 Å². The average Bonchev–Trinajstić information content (AvgIpc) is 2.95. The molecule has 1 saturated heterocycles. The van der Waals surface area contributed by atoms with Crippen LogP contribution in [0.3, 0.4) is 0 Å². The molecule has 1 aliphatic heterocycles. The Kier molecular flexibility index (Phi) is 6.17. The van der Waals surface area contributed by atoms with Gasteiger partial charge in [-0.3, -0.25) is 0 Å². The molecule has 0 radical (unpaired) electrons. The fraction of sp³-hybridized carbons (Fsp3) is 0.778. The summed E-state index contributed by atoms with van der Waals surface area (Å²) < 4.78 is 2.20. The van der Waals surface area contributed by atoms with Crippen molar-refractivity contribution in [3.8, 4) is 0 Å². The minimum atomic E-state index is 0.544. The van der Waals surface area contributed by atoms with Gasteiger partial charge in [0.25, 0.3) is 0 Å². The predicted molar refractivity (Wildman–Crippen MR) is 96.9 cm³/mol. The third-order valence-corrected chi connectivity index (χ3v) is 6.33. The van der Waals surface area contributed by atoms with Crippen LogP contribution in [0.2, 0.25) is 0 Å². The van der Waals surface area contributed by atoms with E-state index in [-0.39, 0.29) is 0 Å². The topological polar surface area (TPSA) is 34.0 Å². The van der Waals surface area contributed by atoms with Gasteiger partial charge in [0.2, 0.25) is 0 Å². The summed E-state index contributed by atoms with van der Waals surface area (Å²) in [6, 6.07) is 0. The van der Waals surface area contributed by atoms with E-state index in [1.807, 2.05) is 6.08 Å². The van der Waals surface area contributed by atoms with Gasteiger partial charge >= 0.3 is 0 Å². The lowest BCUT2D eigenvalue weighted by molar-refractivity contribution is 0.157.